The number of carboxylic acids is 1. The van der Waals surface area contributed by atoms with E-state index in [0.29, 0.717) is 15.8 Å². The molecule has 0 atom stereocenters. The van der Waals surface area contributed by atoms with Crippen LogP contribution in [0, 0.1) is 17.0 Å². The van der Waals surface area contributed by atoms with E-state index in [9.17, 15) is 20.0 Å². The van der Waals surface area contributed by atoms with E-state index in [1.807, 2.05) is 0 Å². The van der Waals surface area contributed by atoms with Gasteiger partial charge in [0, 0.05) is 12.1 Å². The van der Waals surface area contributed by atoms with Gasteiger partial charge < -0.3 is 9.84 Å². The summed E-state index contributed by atoms with van der Waals surface area (Å²) < 4.78 is 5.99. The van der Waals surface area contributed by atoms with Gasteiger partial charge in [-0.2, -0.15) is 0 Å². The highest BCUT2D eigenvalue weighted by Gasteiger charge is 2.16. The largest absolute Gasteiger partial charge is 0.478 e. The van der Waals surface area contributed by atoms with Crippen LogP contribution in [0.2, 0.25) is 0 Å². The van der Waals surface area contributed by atoms with E-state index in [4.69, 9.17) is 4.74 Å². The summed E-state index contributed by atoms with van der Waals surface area (Å²) in [7, 11) is 0. The Kier molecular flexibility index (Phi) is 4.23. The second kappa shape index (κ2) is 5.92. The summed E-state index contributed by atoms with van der Waals surface area (Å²) in [5.74, 6) is -0.594. The lowest BCUT2D eigenvalue weighted by atomic mass is 10.1. The van der Waals surface area contributed by atoms with Gasteiger partial charge >= 0.3 is 5.97 Å². The van der Waals surface area contributed by atoms with Gasteiger partial charge in [-0.25, -0.2) is 4.79 Å². The predicted octanol–water partition coefficient (Wildman–Crippen LogP) is 4.16. The summed E-state index contributed by atoms with van der Waals surface area (Å²) in [5.41, 5.74) is 0.595. The molecule has 21 heavy (non-hydrogen) atoms. The highest BCUT2D eigenvalue weighted by Crippen LogP contribution is 2.35. The lowest BCUT2D eigenvalue weighted by Crippen LogP contribution is -2.01. The third kappa shape index (κ3) is 3.19. The number of ether oxygens (including phenoxy) is 1. The van der Waals surface area contributed by atoms with Crippen molar-refractivity contribution >= 4 is 27.6 Å². The fourth-order valence-electron chi connectivity index (χ4n) is 1.75. The van der Waals surface area contributed by atoms with E-state index < -0.39 is 10.9 Å². The van der Waals surface area contributed by atoms with Crippen LogP contribution in [0.5, 0.6) is 11.5 Å². The van der Waals surface area contributed by atoms with Crippen LogP contribution in [0.25, 0.3) is 0 Å². The molecule has 0 amide bonds. The SMILES string of the molecule is Cc1cccc(C(=O)O)c1Oc1ccc([N+](=O)[O-])cc1Br. The van der Waals surface area contributed by atoms with E-state index >= 15 is 0 Å². The molecule has 0 aliphatic rings. The van der Waals surface area contributed by atoms with Crippen molar-refractivity contribution in [2.75, 3.05) is 0 Å². The molecular formula is C14H10BrNO5. The summed E-state index contributed by atoms with van der Waals surface area (Å²) >= 11 is 3.18. The monoisotopic (exact) mass is 351 g/mol. The first-order valence-electron chi connectivity index (χ1n) is 5.85. The number of aromatic carboxylic acids is 1. The number of carboxylic acid groups (broad SMARTS) is 1. The molecule has 0 radical (unpaired) electrons. The number of para-hydroxylation sites is 1. The third-order valence-corrected chi connectivity index (χ3v) is 3.40. The van der Waals surface area contributed by atoms with Crippen molar-refractivity contribution in [3.63, 3.8) is 0 Å². The molecule has 2 rings (SSSR count). The minimum absolute atomic E-state index is 0.0280. The average Bonchev–Trinajstić information content (AvgIpc) is 2.42. The van der Waals surface area contributed by atoms with Gasteiger partial charge in [0.25, 0.3) is 5.69 Å². The maximum atomic E-state index is 11.2. The number of rotatable bonds is 4. The molecule has 0 bridgehead atoms. The molecule has 2 aromatic carbocycles. The van der Waals surface area contributed by atoms with Crippen LogP contribution in [0.1, 0.15) is 15.9 Å². The number of hydrogen-bond donors (Lipinski definition) is 1. The van der Waals surface area contributed by atoms with Gasteiger partial charge in [-0.3, -0.25) is 10.1 Å². The van der Waals surface area contributed by atoms with E-state index in [2.05, 4.69) is 15.9 Å². The smallest absolute Gasteiger partial charge is 0.339 e. The zero-order valence-electron chi connectivity index (χ0n) is 10.9. The lowest BCUT2D eigenvalue weighted by molar-refractivity contribution is -0.384. The number of nitro benzene ring substituents is 1. The molecule has 0 aromatic heterocycles. The third-order valence-electron chi connectivity index (χ3n) is 2.78. The van der Waals surface area contributed by atoms with E-state index in [0.717, 1.165) is 0 Å². The van der Waals surface area contributed by atoms with Gasteiger partial charge in [-0.1, -0.05) is 12.1 Å². The van der Waals surface area contributed by atoms with E-state index in [-0.39, 0.29) is 17.0 Å². The average molecular weight is 352 g/mol. The second-order valence-corrected chi connectivity index (χ2v) is 5.08. The molecule has 0 saturated heterocycles. The van der Waals surface area contributed by atoms with E-state index in [1.54, 1.807) is 19.1 Å². The quantitative estimate of drug-likeness (QED) is 0.659. The zero-order valence-corrected chi connectivity index (χ0v) is 12.5. The molecule has 2 aromatic rings. The summed E-state index contributed by atoms with van der Waals surface area (Å²) in [6.45, 7) is 1.72. The standard InChI is InChI=1S/C14H10BrNO5/c1-8-3-2-4-10(14(17)18)13(8)21-12-6-5-9(16(19)20)7-11(12)15/h2-7H,1H3,(H,17,18). The highest BCUT2D eigenvalue weighted by molar-refractivity contribution is 9.10. The molecule has 1 N–H and O–H groups in total. The van der Waals surface area contributed by atoms with Crippen molar-refractivity contribution in [1.29, 1.82) is 0 Å². The van der Waals surface area contributed by atoms with Gasteiger partial charge in [0.2, 0.25) is 0 Å². The Balaban J connectivity index is 2.44. The molecule has 7 heteroatoms. The molecule has 0 unspecified atom stereocenters. The Morgan fingerprint density at radius 2 is 2.05 bits per heavy atom. The lowest BCUT2D eigenvalue weighted by Gasteiger charge is -2.12. The maximum absolute atomic E-state index is 11.2. The van der Waals surface area contributed by atoms with Gasteiger partial charge in [0.05, 0.1) is 9.40 Å². The van der Waals surface area contributed by atoms with Crippen molar-refractivity contribution in [2.45, 2.75) is 6.92 Å². The molecule has 0 aliphatic carbocycles. The number of non-ortho nitro benzene ring substituents is 1. The molecule has 0 heterocycles. The molecule has 0 saturated carbocycles. The van der Waals surface area contributed by atoms with Gasteiger partial charge in [0.15, 0.2) is 0 Å². The Morgan fingerprint density at radius 3 is 2.62 bits per heavy atom. The fourth-order valence-corrected chi connectivity index (χ4v) is 2.20. The molecule has 0 spiro atoms. The summed E-state index contributed by atoms with van der Waals surface area (Å²) in [4.78, 5) is 21.4. The van der Waals surface area contributed by atoms with Crippen molar-refractivity contribution in [2.24, 2.45) is 0 Å². The van der Waals surface area contributed by atoms with Gasteiger partial charge in [0.1, 0.15) is 17.1 Å². The second-order valence-electron chi connectivity index (χ2n) is 4.23. The molecule has 108 valence electrons. The molecular weight excluding hydrogens is 342 g/mol. The highest BCUT2D eigenvalue weighted by atomic mass is 79.9. The Morgan fingerprint density at radius 1 is 1.33 bits per heavy atom. The number of benzene rings is 2. The van der Waals surface area contributed by atoms with Crippen LogP contribution in [-0.2, 0) is 0 Å². The normalized spacial score (nSPS) is 10.2. The number of hydrogen-bond acceptors (Lipinski definition) is 4. The molecule has 0 aliphatic heterocycles. The van der Waals surface area contributed by atoms with E-state index in [1.165, 1.54) is 24.3 Å². The first-order valence-corrected chi connectivity index (χ1v) is 6.64. The summed E-state index contributed by atoms with van der Waals surface area (Å²) in [5, 5.41) is 19.9. The minimum Gasteiger partial charge on any atom is -0.478 e. The van der Waals surface area contributed by atoms with Crippen LogP contribution in [-0.4, -0.2) is 16.0 Å². The number of carbonyl (C=O) groups is 1. The number of nitro groups is 1. The van der Waals surface area contributed by atoms with Crippen molar-refractivity contribution in [3.05, 3.63) is 62.1 Å². The van der Waals surface area contributed by atoms with Crippen molar-refractivity contribution < 1.29 is 19.6 Å². The van der Waals surface area contributed by atoms with Crippen LogP contribution in [0.4, 0.5) is 5.69 Å². The van der Waals surface area contributed by atoms with Gasteiger partial charge in [-0.05, 0) is 40.5 Å². The summed E-state index contributed by atoms with van der Waals surface area (Å²) in [6, 6.07) is 8.79. The topological polar surface area (TPSA) is 89.7 Å². The Hall–Kier alpha value is -2.41. The van der Waals surface area contributed by atoms with Crippen LogP contribution in [0.15, 0.2) is 40.9 Å². The van der Waals surface area contributed by atoms with Crippen molar-refractivity contribution in [1.82, 2.24) is 0 Å². The number of halogens is 1. The Bertz CT molecular complexity index is 729. The molecule has 0 fully saturated rings. The Labute approximate surface area is 128 Å². The van der Waals surface area contributed by atoms with Crippen LogP contribution < -0.4 is 4.74 Å². The fraction of sp³-hybridized carbons (Fsp3) is 0.0714. The maximum Gasteiger partial charge on any atom is 0.339 e. The zero-order chi connectivity index (χ0) is 15.6. The van der Waals surface area contributed by atoms with Crippen LogP contribution >= 0.6 is 15.9 Å². The van der Waals surface area contributed by atoms with Crippen LogP contribution in [0.3, 0.4) is 0 Å². The minimum atomic E-state index is -1.10. The first-order chi connectivity index (χ1) is 9.90. The first kappa shape index (κ1) is 15.0. The van der Waals surface area contributed by atoms with Crippen molar-refractivity contribution in [3.8, 4) is 11.5 Å². The number of nitrogens with zero attached hydrogens (tertiary/aromatic N) is 1. The summed E-state index contributed by atoms with van der Waals surface area (Å²) in [6.07, 6.45) is 0. The van der Waals surface area contributed by atoms with Gasteiger partial charge in [-0.15, -0.1) is 0 Å². The predicted molar refractivity (Wildman–Crippen MR) is 79.0 cm³/mol. The number of aryl methyl sites for hydroxylation is 1. The molecule has 6 nitrogen and oxygen atoms in total.